The van der Waals surface area contributed by atoms with Crippen molar-refractivity contribution < 1.29 is 8.42 Å². The summed E-state index contributed by atoms with van der Waals surface area (Å²) in [4.78, 5) is 0. The first-order chi connectivity index (χ1) is 5.94. The summed E-state index contributed by atoms with van der Waals surface area (Å²) in [7, 11) is -2.99. The lowest BCUT2D eigenvalue weighted by molar-refractivity contribution is 0.354. The Morgan fingerprint density at radius 2 is 1.77 bits per heavy atom. The smallest absolute Gasteiger partial charge is 0.212 e. The van der Waals surface area contributed by atoms with Crippen LogP contribution in [0.4, 0.5) is 0 Å². The zero-order valence-electron chi connectivity index (χ0n) is 8.03. The van der Waals surface area contributed by atoms with E-state index in [0.29, 0.717) is 17.0 Å². The number of nitrogens with zero attached hydrogens (tertiary/aromatic N) is 1. The minimum Gasteiger partial charge on any atom is -0.212 e. The molecule has 1 heterocycles. The van der Waals surface area contributed by atoms with E-state index in [9.17, 15) is 8.42 Å². The van der Waals surface area contributed by atoms with Gasteiger partial charge in [0, 0.05) is 17.0 Å². The lowest BCUT2D eigenvalue weighted by atomic mass is 10.2. The Bertz CT molecular complexity index is 255. The van der Waals surface area contributed by atoms with E-state index in [1.807, 2.05) is 0 Å². The van der Waals surface area contributed by atoms with Gasteiger partial charge in [0.1, 0.15) is 0 Å². The maximum atomic E-state index is 11.7. The van der Waals surface area contributed by atoms with Gasteiger partial charge in [-0.2, -0.15) is 0 Å². The molecular weight excluding hydrogens is 301 g/mol. The minimum atomic E-state index is -2.99. The van der Waals surface area contributed by atoms with Crippen molar-refractivity contribution in [2.45, 2.75) is 35.9 Å². The Hall–Kier alpha value is 0.640. The zero-order chi connectivity index (χ0) is 10.1. The van der Waals surface area contributed by atoms with Crippen molar-refractivity contribution in [2.75, 3.05) is 13.1 Å². The molecule has 78 valence electrons. The van der Waals surface area contributed by atoms with Crippen LogP contribution in [0, 0.1) is 0 Å². The topological polar surface area (TPSA) is 37.4 Å². The zero-order valence-corrected chi connectivity index (χ0v) is 11.0. The molecule has 0 radical (unpaired) electrons. The van der Waals surface area contributed by atoms with Crippen LogP contribution in [-0.4, -0.2) is 35.0 Å². The summed E-state index contributed by atoms with van der Waals surface area (Å²) < 4.78 is 25.7. The molecule has 3 nitrogen and oxygen atoms in total. The van der Waals surface area contributed by atoms with Gasteiger partial charge in [0.05, 0.1) is 5.25 Å². The third-order valence-corrected chi connectivity index (χ3v) is 5.86. The van der Waals surface area contributed by atoms with Crippen molar-refractivity contribution in [3.05, 3.63) is 0 Å². The lowest BCUT2D eigenvalue weighted by Gasteiger charge is -2.30. The fraction of sp³-hybridized carbons (Fsp3) is 1.00. The first-order valence-electron chi connectivity index (χ1n) is 4.57. The number of hydrogen-bond acceptors (Lipinski definition) is 2. The van der Waals surface area contributed by atoms with Gasteiger partial charge in [0.25, 0.3) is 0 Å². The van der Waals surface area contributed by atoms with Crippen LogP contribution in [0.1, 0.15) is 26.7 Å². The fourth-order valence-corrected chi connectivity index (χ4v) is 3.25. The van der Waals surface area contributed by atoms with E-state index in [4.69, 9.17) is 0 Å². The highest BCUT2D eigenvalue weighted by Gasteiger charge is 2.28. The van der Waals surface area contributed by atoms with Gasteiger partial charge in [-0.15, -0.1) is 0 Å². The van der Waals surface area contributed by atoms with E-state index in [1.165, 1.54) is 0 Å². The molecule has 0 aliphatic carbocycles. The molecule has 1 rings (SSSR count). The SMILES string of the molecule is CC(C)S(=O)(=O)N1CCC(I)CC1. The van der Waals surface area contributed by atoms with Gasteiger partial charge in [-0.1, -0.05) is 22.6 Å². The Labute approximate surface area is 94.1 Å². The third-order valence-electron chi connectivity index (χ3n) is 2.34. The summed E-state index contributed by atoms with van der Waals surface area (Å²) in [6.07, 6.45) is 1.99. The van der Waals surface area contributed by atoms with Gasteiger partial charge in [-0.25, -0.2) is 12.7 Å². The first-order valence-corrected chi connectivity index (χ1v) is 7.32. The molecule has 5 heteroatoms. The maximum Gasteiger partial charge on any atom is 0.216 e. The second-order valence-electron chi connectivity index (χ2n) is 3.67. The van der Waals surface area contributed by atoms with Crippen molar-refractivity contribution in [2.24, 2.45) is 0 Å². The van der Waals surface area contributed by atoms with E-state index in [0.717, 1.165) is 12.8 Å². The standard InChI is InChI=1S/C8H16INO2S/c1-7(2)13(11,12)10-5-3-8(9)4-6-10/h7-8H,3-6H2,1-2H3. The third kappa shape index (κ3) is 2.79. The highest BCUT2D eigenvalue weighted by molar-refractivity contribution is 14.1. The number of rotatable bonds is 2. The quantitative estimate of drug-likeness (QED) is 0.573. The summed E-state index contributed by atoms with van der Waals surface area (Å²) in [5.41, 5.74) is 0. The van der Waals surface area contributed by atoms with Crippen LogP contribution in [0.25, 0.3) is 0 Å². The summed E-state index contributed by atoms with van der Waals surface area (Å²) >= 11 is 2.39. The van der Waals surface area contributed by atoms with E-state index in [1.54, 1.807) is 18.2 Å². The fourth-order valence-electron chi connectivity index (χ4n) is 1.38. The van der Waals surface area contributed by atoms with Gasteiger partial charge < -0.3 is 0 Å². The minimum absolute atomic E-state index is 0.279. The molecule has 1 saturated heterocycles. The second kappa shape index (κ2) is 4.44. The number of alkyl halides is 1. The lowest BCUT2D eigenvalue weighted by Crippen LogP contribution is -2.42. The second-order valence-corrected chi connectivity index (χ2v) is 7.92. The molecule has 0 saturated carbocycles. The molecule has 0 unspecified atom stereocenters. The van der Waals surface area contributed by atoms with Crippen LogP contribution < -0.4 is 0 Å². The van der Waals surface area contributed by atoms with Gasteiger partial charge in [-0.3, -0.25) is 0 Å². The largest absolute Gasteiger partial charge is 0.216 e. The van der Waals surface area contributed by atoms with Gasteiger partial charge in [0.2, 0.25) is 10.0 Å². The molecule has 1 aliphatic heterocycles. The summed E-state index contributed by atoms with van der Waals surface area (Å²) in [6.45, 7) is 4.89. The molecule has 0 N–H and O–H groups in total. The van der Waals surface area contributed by atoms with E-state index in [2.05, 4.69) is 22.6 Å². The summed E-state index contributed by atoms with van der Waals surface area (Å²) in [6, 6.07) is 0. The molecule has 0 aromatic rings. The number of hydrogen-bond donors (Lipinski definition) is 0. The predicted molar refractivity (Wildman–Crippen MR) is 62.7 cm³/mol. The summed E-state index contributed by atoms with van der Waals surface area (Å²) in [5.74, 6) is 0. The van der Waals surface area contributed by atoms with Crippen LogP contribution in [-0.2, 0) is 10.0 Å². The van der Waals surface area contributed by atoms with E-state index < -0.39 is 10.0 Å². The van der Waals surface area contributed by atoms with Gasteiger partial charge >= 0.3 is 0 Å². The molecular formula is C8H16INO2S. The molecule has 1 fully saturated rings. The van der Waals surface area contributed by atoms with Crippen molar-refractivity contribution in [1.82, 2.24) is 4.31 Å². The van der Waals surface area contributed by atoms with Crippen LogP contribution in [0.5, 0.6) is 0 Å². The van der Waals surface area contributed by atoms with Gasteiger partial charge in [-0.05, 0) is 26.7 Å². The number of halogens is 1. The Morgan fingerprint density at radius 1 is 1.31 bits per heavy atom. The van der Waals surface area contributed by atoms with Crippen molar-refractivity contribution in [1.29, 1.82) is 0 Å². The average molecular weight is 317 g/mol. The normalized spacial score (nSPS) is 22.5. The van der Waals surface area contributed by atoms with Gasteiger partial charge in [0.15, 0.2) is 0 Å². The Balaban J connectivity index is 2.64. The maximum absolute atomic E-state index is 11.7. The predicted octanol–water partition coefficient (Wildman–Crippen LogP) is 1.62. The average Bonchev–Trinajstić information content (AvgIpc) is 2.04. The first kappa shape index (κ1) is 11.7. The molecule has 0 spiro atoms. The molecule has 0 atom stereocenters. The van der Waals surface area contributed by atoms with Crippen LogP contribution in [0.15, 0.2) is 0 Å². The molecule has 0 bridgehead atoms. The Morgan fingerprint density at radius 3 is 2.15 bits per heavy atom. The molecule has 0 amide bonds. The monoisotopic (exact) mass is 317 g/mol. The Kier molecular flexibility index (Phi) is 4.00. The molecule has 0 aromatic heterocycles. The number of piperidine rings is 1. The van der Waals surface area contributed by atoms with Crippen molar-refractivity contribution >= 4 is 32.6 Å². The molecule has 13 heavy (non-hydrogen) atoms. The highest BCUT2D eigenvalue weighted by atomic mass is 127. The van der Waals surface area contributed by atoms with Crippen molar-refractivity contribution in [3.8, 4) is 0 Å². The summed E-state index contributed by atoms with van der Waals surface area (Å²) in [5, 5.41) is -0.279. The number of sulfonamides is 1. The van der Waals surface area contributed by atoms with E-state index in [-0.39, 0.29) is 5.25 Å². The van der Waals surface area contributed by atoms with Crippen LogP contribution >= 0.6 is 22.6 Å². The molecule has 0 aromatic carbocycles. The van der Waals surface area contributed by atoms with Crippen molar-refractivity contribution in [3.63, 3.8) is 0 Å². The highest BCUT2D eigenvalue weighted by Crippen LogP contribution is 2.21. The van der Waals surface area contributed by atoms with Crippen LogP contribution in [0.3, 0.4) is 0 Å². The van der Waals surface area contributed by atoms with E-state index >= 15 is 0 Å². The van der Waals surface area contributed by atoms with Crippen LogP contribution in [0.2, 0.25) is 0 Å². The molecule has 1 aliphatic rings.